The predicted octanol–water partition coefficient (Wildman–Crippen LogP) is -0.0176. The fraction of sp³-hybridized carbons (Fsp3) is 0.333. The van der Waals surface area contributed by atoms with E-state index in [9.17, 15) is 27.6 Å². The van der Waals surface area contributed by atoms with Crippen LogP contribution in [0.15, 0.2) is 38.8 Å². The number of nitrogen functional groups attached to an aromatic ring is 1. The van der Waals surface area contributed by atoms with E-state index in [1.807, 2.05) is 0 Å². The number of esters is 1. The van der Waals surface area contributed by atoms with Crippen LogP contribution in [0.4, 0.5) is 5.82 Å². The monoisotopic (exact) mass is 423 g/mol. The van der Waals surface area contributed by atoms with Gasteiger partial charge in [-0.3, -0.25) is 18.7 Å². The molecule has 0 fully saturated rings. The van der Waals surface area contributed by atoms with Crippen molar-refractivity contribution in [2.75, 3.05) is 18.6 Å². The molecule has 0 saturated heterocycles. The molecule has 0 atom stereocenters. The molecule has 29 heavy (non-hydrogen) atoms. The molecule has 156 valence electrons. The summed E-state index contributed by atoms with van der Waals surface area (Å²) in [7, 11) is -2.19. The third-order valence-electron chi connectivity index (χ3n) is 4.16. The van der Waals surface area contributed by atoms with Crippen LogP contribution in [0.1, 0.15) is 34.1 Å². The number of sulfone groups is 1. The zero-order valence-corrected chi connectivity index (χ0v) is 17.0. The summed E-state index contributed by atoms with van der Waals surface area (Å²) in [4.78, 5) is 49.0. The molecule has 0 unspecified atom stereocenters. The third kappa shape index (κ3) is 4.62. The summed E-state index contributed by atoms with van der Waals surface area (Å²) in [5, 5.41) is 0. The van der Waals surface area contributed by atoms with Gasteiger partial charge in [0.25, 0.3) is 5.56 Å². The van der Waals surface area contributed by atoms with E-state index in [1.165, 1.54) is 31.3 Å². The summed E-state index contributed by atoms with van der Waals surface area (Å²) in [6, 6.07) is 4.97. The highest BCUT2D eigenvalue weighted by Crippen LogP contribution is 2.12. The Morgan fingerprint density at radius 3 is 2.24 bits per heavy atom. The van der Waals surface area contributed by atoms with Crippen molar-refractivity contribution in [2.45, 2.75) is 24.8 Å². The van der Waals surface area contributed by atoms with E-state index in [0.717, 1.165) is 15.4 Å². The Hall–Kier alpha value is -3.21. The SMILES string of the molecule is CCCn1c(N)c(C(=O)COC(=O)c2ccc(S(C)(=O)=O)cc2)c(=O)n(C)c1=O. The smallest absolute Gasteiger partial charge is 0.338 e. The molecule has 1 heterocycles. The summed E-state index contributed by atoms with van der Waals surface area (Å²) < 4.78 is 29.7. The van der Waals surface area contributed by atoms with Crippen LogP contribution in [0, 0.1) is 0 Å². The summed E-state index contributed by atoms with van der Waals surface area (Å²) in [6.07, 6.45) is 1.58. The summed E-state index contributed by atoms with van der Waals surface area (Å²) >= 11 is 0. The van der Waals surface area contributed by atoms with Crippen molar-refractivity contribution in [3.05, 3.63) is 56.2 Å². The molecular weight excluding hydrogens is 402 g/mol. The zero-order chi connectivity index (χ0) is 21.9. The maximum atomic E-state index is 12.5. The minimum Gasteiger partial charge on any atom is -0.454 e. The Bertz CT molecular complexity index is 1180. The fourth-order valence-corrected chi connectivity index (χ4v) is 3.24. The highest BCUT2D eigenvalue weighted by Gasteiger charge is 2.22. The molecule has 0 spiro atoms. The number of aromatic nitrogens is 2. The van der Waals surface area contributed by atoms with E-state index in [4.69, 9.17) is 10.5 Å². The molecule has 0 aliphatic heterocycles. The van der Waals surface area contributed by atoms with Gasteiger partial charge >= 0.3 is 11.7 Å². The van der Waals surface area contributed by atoms with E-state index in [0.29, 0.717) is 6.42 Å². The molecule has 11 heteroatoms. The van der Waals surface area contributed by atoms with Crippen LogP contribution in [0.3, 0.4) is 0 Å². The molecule has 0 saturated carbocycles. The Morgan fingerprint density at radius 1 is 1.14 bits per heavy atom. The van der Waals surface area contributed by atoms with Crippen molar-refractivity contribution in [3.8, 4) is 0 Å². The number of benzene rings is 1. The second kappa shape index (κ2) is 8.43. The van der Waals surface area contributed by atoms with Gasteiger partial charge in [-0.1, -0.05) is 6.92 Å². The highest BCUT2D eigenvalue weighted by atomic mass is 32.2. The van der Waals surface area contributed by atoms with Crippen molar-refractivity contribution in [1.82, 2.24) is 9.13 Å². The summed E-state index contributed by atoms with van der Waals surface area (Å²) in [5.41, 5.74) is 3.93. The van der Waals surface area contributed by atoms with Crippen molar-refractivity contribution in [1.29, 1.82) is 0 Å². The van der Waals surface area contributed by atoms with E-state index in [1.54, 1.807) is 6.92 Å². The van der Waals surface area contributed by atoms with Crippen LogP contribution in [0.2, 0.25) is 0 Å². The number of hydrogen-bond acceptors (Lipinski definition) is 8. The van der Waals surface area contributed by atoms with Crippen LogP contribution < -0.4 is 17.0 Å². The first-order valence-corrected chi connectivity index (χ1v) is 10.5. The van der Waals surface area contributed by atoms with Gasteiger partial charge in [-0.25, -0.2) is 18.0 Å². The van der Waals surface area contributed by atoms with Crippen molar-refractivity contribution >= 4 is 27.4 Å². The number of anilines is 1. The molecule has 0 amide bonds. The second-order valence-electron chi connectivity index (χ2n) is 6.35. The minimum atomic E-state index is -3.42. The van der Waals surface area contributed by atoms with E-state index < -0.39 is 45.0 Å². The van der Waals surface area contributed by atoms with Gasteiger partial charge in [-0.2, -0.15) is 0 Å². The van der Waals surface area contributed by atoms with E-state index in [2.05, 4.69) is 0 Å². The lowest BCUT2D eigenvalue weighted by Crippen LogP contribution is -2.43. The second-order valence-corrected chi connectivity index (χ2v) is 8.37. The molecule has 0 bridgehead atoms. The molecule has 10 nitrogen and oxygen atoms in total. The van der Waals surface area contributed by atoms with Crippen molar-refractivity contribution < 1.29 is 22.7 Å². The number of rotatable bonds is 7. The number of ketones is 1. The van der Waals surface area contributed by atoms with Crippen molar-refractivity contribution in [2.24, 2.45) is 7.05 Å². The predicted molar refractivity (Wildman–Crippen MR) is 105 cm³/mol. The molecule has 2 rings (SSSR count). The Kier molecular flexibility index (Phi) is 6.42. The van der Waals surface area contributed by atoms with Gasteiger partial charge in [0.1, 0.15) is 11.4 Å². The molecular formula is C18H21N3O7S. The van der Waals surface area contributed by atoms with Gasteiger partial charge in [0.15, 0.2) is 16.4 Å². The lowest BCUT2D eigenvalue weighted by Gasteiger charge is -2.13. The number of nitrogens with two attached hydrogens (primary N) is 1. The van der Waals surface area contributed by atoms with Crippen LogP contribution in [0.5, 0.6) is 0 Å². The Labute approximate surface area is 166 Å². The van der Waals surface area contributed by atoms with Gasteiger partial charge in [-0.05, 0) is 30.7 Å². The first kappa shape index (κ1) is 22.1. The van der Waals surface area contributed by atoms with Crippen molar-refractivity contribution in [3.63, 3.8) is 0 Å². The molecule has 2 N–H and O–H groups in total. The van der Waals surface area contributed by atoms with Crippen LogP contribution in [-0.4, -0.2) is 42.2 Å². The Morgan fingerprint density at radius 2 is 1.72 bits per heavy atom. The third-order valence-corrected chi connectivity index (χ3v) is 5.29. The molecule has 2 aromatic rings. The lowest BCUT2D eigenvalue weighted by molar-refractivity contribution is 0.0474. The molecule has 1 aromatic heterocycles. The normalized spacial score (nSPS) is 11.3. The van der Waals surface area contributed by atoms with E-state index in [-0.39, 0.29) is 22.8 Å². The van der Waals surface area contributed by atoms with Gasteiger partial charge in [-0.15, -0.1) is 0 Å². The number of ether oxygens (including phenoxy) is 1. The van der Waals surface area contributed by atoms with Gasteiger partial charge < -0.3 is 10.5 Å². The zero-order valence-electron chi connectivity index (χ0n) is 16.2. The first-order valence-electron chi connectivity index (χ1n) is 8.58. The Balaban J connectivity index is 2.24. The summed E-state index contributed by atoms with van der Waals surface area (Å²) in [6.45, 7) is 1.25. The van der Waals surface area contributed by atoms with Crippen LogP contribution >= 0.6 is 0 Å². The van der Waals surface area contributed by atoms with Gasteiger partial charge in [0.05, 0.1) is 10.5 Å². The highest BCUT2D eigenvalue weighted by molar-refractivity contribution is 7.90. The topological polar surface area (TPSA) is 148 Å². The number of nitrogens with zero attached hydrogens (tertiary/aromatic N) is 2. The number of carbonyl (C=O) groups is 2. The standard InChI is InChI=1S/C18H21N3O7S/c1-4-9-21-15(19)14(16(23)20(2)18(21)25)13(22)10-28-17(24)11-5-7-12(8-6-11)29(3,26)27/h5-8H,4,9-10,19H2,1-3H3. The quantitative estimate of drug-likeness (QED) is 0.483. The average Bonchev–Trinajstić information content (AvgIpc) is 2.67. The average molecular weight is 423 g/mol. The maximum Gasteiger partial charge on any atom is 0.338 e. The number of hydrogen-bond donors (Lipinski definition) is 1. The maximum absolute atomic E-state index is 12.5. The van der Waals surface area contributed by atoms with E-state index >= 15 is 0 Å². The number of carbonyl (C=O) groups excluding carboxylic acids is 2. The number of Topliss-reactive ketones (excluding diaryl/α,β-unsaturated/α-hetero) is 1. The fourth-order valence-electron chi connectivity index (χ4n) is 2.61. The molecule has 0 aliphatic rings. The molecule has 0 radical (unpaired) electrons. The van der Waals surface area contributed by atoms with Gasteiger partial charge in [0, 0.05) is 19.8 Å². The summed E-state index contributed by atoms with van der Waals surface area (Å²) in [5.74, 6) is -2.01. The lowest BCUT2D eigenvalue weighted by atomic mass is 10.2. The molecule has 1 aromatic carbocycles. The van der Waals surface area contributed by atoms with Crippen LogP contribution in [0.25, 0.3) is 0 Å². The largest absolute Gasteiger partial charge is 0.454 e. The van der Waals surface area contributed by atoms with Gasteiger partial charge in [0.2, 0.25) is 5.78 Å². The minimum absolute atomic E-state index is 0.0274. The first-order chi connectivity index (χ1) is 13.5. The van der Waals surface area contributed by atoms with Crippen LogP contribution in [-0.2, 0) is 28.2 Å². The molecule has 0 aliphatic carbocycles.